The van der Waals surface area contributed by atoms with E-state index in [0.717, 1.165) is 29.2 Å². The first-order valence-corrected chi connectivity index (χ1v) is 20.1. The van der Waals surface area contributed by atoms with Gasteiger partial charge >= 0.3 is 13.3 Å². The lowest BCUT2D eigenvalue weighted by Crippen LogP contribution is -2.42. The maximum absolute atomic E-state index is 13.5. The van der Waals surface area contributed by atoms with E-state index >= 15 is 0 Å². The van der Waals surface area contributed by atoms with Crippen LogP contribution in [0.15, 0.2) is 58.3 Å². The molecule has 0 aliphatic heterocycles. The molecule has 1 heterocycles. The molecule has 0 fully saturated rings. The summed E-state index contributed by atoms with van der Waals surface area (Å²) >= 11 is 0. The monoisotopic (exact) mass is 686 g/mol. The van der Waals surface area contributed by atoms with Crippen LogP contribution >= 0.6 is 7.60 Å². The third-order valence-corrected chi connectivity index (χ3v) is 9.43. The molecule has 3 rings (SSSR count). The van der Waals surface area contributed by atoms with Crippen molar-refractivity contribution in [2.45, 2.75) is 129 Å². The molecule has 0 spiro atoms. The van der Waals surface area contributed by atoms with Crippen LogP contribution < -0.4 is 11.2 Å². The summed E-state index contributed by atoms with van der Waals surface area (Å²) in [4.78, 5) is 45.0. The van der Waals surface area contributed by atoms with Gasteiger partial charge < -0.3 is 19.3 Å². The Morgan fingerprint density at radius 3 is 1.83 bits per heavy atom. The van der Waals surface area contributed by atoms with E-state index < -0.39 is 19.6 Å². The Morgan fingerprint density at radius 2 is 1.21 bits per heavy atom. The average Bonchev–Trinajstić information content (AvgIpc) is 3.07. The Balaban J connectivity index is 1.41. The molecule has 48 heavy (non-hydrogen) atoms. The molecule has 0 amide bonds. The zero-order chi connectivity index (χ0) is 34.5. The highest BCUT2D eigenvalue weighted by atomic mass is 31.2. The lowest BCUT2D eigenvalue weighted by atomic mass is 10.00. The van der Waals surface area contributed by atoms with Crippen molar-refractivity contribution in [1.82, 2.24) is 9.13 Å². The molecular weight excluding hydrogens is 627 g/mol. The Kier molecular flexibility index (Phi) is 19.1. The van der Waals surface area contributed by atoms with Gasteiger partial charge in [-0.15, -0.1) is 0 Å². The highest BCUT2D eigenvalue weighted by Crippen LogP contribution is 2.33. The molecule has 0 saturated carbocycles. The predicted molar refractivity (Wildman–Crippen MR) is 195 cm³/mol. The predicted octanol–water partition coefficient (Wildman–Crippen LogP) is 8.18. The number of nitrogens with zero attached hydrogens (tertiary/aromatic N) is 2. The van der Waals surface area contributed by atoms with Crippen LogP contribution in [0.4, 0.5) is 0 Å². The maximum atomic E-state index is 13.5. The summed E-state index contributed by atoms with van der Waals surface area (Å²) in [5.74, 6) is 0. The molecule has 0 unspecified atom stereocenters. The fourth-order valence-electron chi connectivity index (χ4n) is 6.20. The zero-order valence-corrected chi connectivity index (χ0v) is 30.1. The van der Waals surface area contributed by atoms with Gasteiger partial charge in [-0.1, -0.05) is 146 Å². The average molecular weight is 687 g/mol. The molecule has 0 aliphatic carbocycles. The van der Waals surface area contributed by atoms with Crippen molar-refractivity contribution in [3.8, 4) is 0 Å². The molecular formula is C38H59N2O7P. The highest BCUT2D eigenvalue weighted by Gasteiger charge is 2.15. The fraction of sp³-hybridized carbons (Fsp3) is 0.632. The zero-order valence-electron chi connectivity index (χ0n) is 29.2. The van der Waals surface area contributed by atoms with Crippen LogP contribution in [0.25, 0.3) is 10.8 Å². The first-order valence-electron chi connectivity index (χ1n) is 18.3. The molecule has 268 valence electrons. The molecule has 10 heteroatoms. The SMILES string of the molecule is CCCCCCCCCCCCCCCCCCOCCn1c(=O)c(Cc2cccc3ccccc23)cn(CCOCP(=O)(O)O)c1=O. The summed E-state index contributed by atoms with van der Waals surface area (Å²) in [6.07, 6.45) is 22.1. The molecule has 0 radical (unpaired) electrons. The summed E-state index contributed by atoms with van der Waals surface area (Å²) in [6, 6.07) is 13.9. The Bertz CT molecular complexity index is 1490. The van der Waals surface area contributed by atoms with Crippen molar-refractivity contribution in [1.29, 1.82) is 0 Å². The van der Waals surface area contributed by atoms with Crippen LogP contribution in [0.5, 0.6) is 0 Å². The third kappa shape index (κ3) is 15.3. The number of unbranched alkanes of at least 4 members (excludes halogenated alkanes) is 15. The van der Waals surface area contributed by atoms with Crippen LogP contribution in [0.2, 0.25) is 0 Å². The number of ether oxygens (including phenoxy) is 2. The van der Waals surface area contributed by atoms with Crippen LogP contribution in [0, 0.1) is 0 Å². The molecule has 0 aliphatic rings. The molecule has 3 aromatic rings. The van der Waals surface area contributed by atoms with E-state index in [9.17, 15) is 14.2 Å². The van der Waals surface area contributed by atoms with E-state index in [1.807, 2.05) is 42.5 Å². The normalized spacial score (nSPS) is 11.9. The lowest BCUT2D eigenvalue weighted by molar-refractivity contribution is 0.119. The second-order valence-electron chi connectivity index (χ2n) is 13.0. The second kappa shape index (κ2) is 23.0. The van der Waals surface area contributed by atoms with Crippen LogP contribution in [0.3, 0.4) is 0 Å². The minimum Gasteiger partial charge on any atom is -0.380 e. The summed E-state index contributed by atoms with van der Waals surface area (Å²) in [6.45, 7) is 3.22. The van der Waals surface area contributed by atoms with E-state index in [-0.39, 0.29) is 31.9 Å². The fourth-order valence-corrected chi connectivity index (χ4v) is 6.57. The summed E-state index contributed by atoms with van der Waals surface area (Å²) in [7, 11) is -4.32. The first kappa shape index (κ1) is 39.9. The number of fused-ring (bicyclic) bond motifs is 1. The van der Waals surface area contributed by atoms with Gasteiger partial charge in [0.15, 0.2) is 0 Å². The van der Waals surface area contributed by atoms with Gasteiger partial charge in [0.05, 0.1) is 26.3 Å². The van der Waals surface area contributed by atoms with Gasteiger partial charge in [0.2, 0.25) is 0 Å². The summed E-state index contributed by atoms with van der Waals surface area (Å²) in [5, 5.41) is 2.10. The van der Waals surface area contributed by atoms with Crippen molar-refractivity contribution in [3.05, 3.63) is 80.6 Å². The quantitative estimate of drug-likeness (QED) is 0.0613. The van der Waals surface area contributed by atoms with Crippen LogP contribution in [0.1, 0.15) is 121 Å². The van der Waals surface area contributed by atoms with Gasteiger partial charge in [-0.3, -0.25) is 18.5 Å². The molecule has 0 bridgehead atoms. The molecule has 2 N–H and O–H groups in total. The van der Waals surface area contributed by atoms with Crippen molar-refractivity contribution < 1.29 is 23.8 Å². The summed E-state index contributed by atoms with van der Waals surface area (Å²) < 4.78 is 24.7. The van der Waals surface area contributed by atoms with Crippen LogP contribution in [-0.2, 0) is 33.5 Å². The molecule has 2 aromatic carbocycles. The van der Waals surface area contributed by atoms with E-state index in [1.165, 1.54) is 99.0 Å². The van der Waals surface area contributed by atoms with Gasteiger partial charge in [-0.25, -0.2) is 4.79 Å². The number of hydrogen-bond acceptors (Lipinski definition) is 5. The Hall–Kier alpha value is -2.55. The lowest BCUT2D eigenvalue weighted by Gasteiger charge is -2.15. The van der Waals surface area contributed by atoms with Crippen molar-refractivity contribution in [2.75, 3.05) is 26.2 Å². The third-order valence-electron chi connectivity index (χ3n) is 8.91. The molecule has 0 saturated heterocycles. The Morgan fingerprint density at radius 1 is 0.646 bits per heavy atom. The van der Waals surface area contributed by atoms with Crippen molar-refractivity contribution in [3.63, 3.8) is 0 Å². The second-order valence-corrected chi connectivity index (χ2v) is 14.6. The van der Waals surface area contributed by atoms with E-state index in [2.05, 4.69) is 6.92 Å². The largest absolute Gasteiger partial charge is 0.380 e. The number of benzene rings is 2. The van der Waals surface area contributed by atoms with Crippen molar-refractivity contribution >= 4 is 18.4 Å². The van der Waals surface area contributed by atoms with Crippen LogP contribution in [-0.4, -0.2) is 45.1 Å². The molecule has 1 aromatic heterocycles. The Labute approximate surface area is 286 Å². The van der Waals surface area contributed by atoms with Gasteiger partial charge in [0.25, 0.3) is 5.56 Å². The minimum absolute atomic E-state index is 0.0572. The highest BCUT2D eigenvalue weighted by molar-refractivity contribution is 7.51. The van der Waals surface area contributed by atoms with Gasteiger partial charge in [0, 0.05) is 24.8 Å². The maximum Gasteiger partial charge on any atom is 0.350 e. The van der Waals surface area contributed by atoms with Gasteiger partial charge in [0.1, 0.15) is 6.35 Å². The smallest absolute Gasteiger partial charge is 0.350 e. The molecule has 9 nitrogen and oxygen atoms in total. The topological polar surface area (TPSA) is 120 Å². The first-order chi connectivity index (χ1) is 23.3. The number of aromatic nitrogens is 2. The minimum atomic E-state index is -4.32. The van der Waals surface area contributed by atoms with Gasteiger partial charge in [-0.05, 0) is 22.8 Å². The summed E-state index contributed by atoms with van der Waals surface area (Å²) in [5.41, 5.74) is 0.581. The van der Waals surface area contributed by atoms with E-state index in [4.69, 9.17) is 19.3 Å². The van der Waals surface area contributed by atoms with Crippen molar-refractivity contribution in [2.24, 2.45) is 0 Å². The standard InChI is InChI=1S/C38H59N2O7P/c1-2-3-4-5-6-7-8-9-10-11-12-13-14-15-16-19-27-46-29-26-40-37(41)35(30-34-23-20-22-33-21-17-18-24-36(33)34)31-39(38(40)42)25-28-47-32-48(43,44)45/h17-18,20-24,31H,2-16,19,25-30,32H2,1H3,(H2,43,44,45). The molecule has 0 atom stereocenters. The van der Waals surface area contributed by atoms with Gasteiger partial charge in [-0.2, -0.15) is 0 Å². The van der Waals surface area contributed by atoms with E-state index in [0.29, 0.717) is 18.6 Å². The van der Waals surface area contributed by atoms with E-state index in [1.54, 1.807) is 6.20 Å². The number of rotatable bonds is 27. The number of hydrogen-bond donors (Lipinski definition) is 2.